The summed E-state index contributed by atoms with van der Waals surface area (Å²) in [5.74, 6) is -0.525. The zero-order valence-electron chi connectivity index (χ0n) is 20.8. The zero-order valence-corrected chi connectivity index (χ0v) is 21.7. The van der Waals surface area contributed by atoms with Crippen molar-refractivity contribution in [1.82, 2.24) is 10.4 Å². The number of carbonyl (C=O) groups excluding carboxylic acids is 2. The average molecular weight is 538 g/mol. The van der Waals surface area contributed by atoms with Crippen molar-refractivity contribution in [3.8, 4) is 11.8 Å². The molecule has 1 aromatic carbocycles. The molecule has 1 aliphatic rings. The topological polar surface area (TPSA) is 195 Å². The van der Waals surface area contributed by atoms with Gasteiger partial charge in [-0.3, -0.25) is 14.1 Å². The lowest BCUT2D eigenvalue weighted by Crippen LogP contribution is -2.43. The lowest BCUT2D eigenvalue weighted by molar-refractivity contribution is -0.145. The molecule has 1 aliphatic heterocycles. The van der Waals surface area contributed by atoms with Gasteiger partial charge in [0.2, 0.25) is 6.41 Å². The van der Waals surface area contributed by atoms with E-state index in [0.717, 1.165) is 0 Å². The largest absolute Gasteiger partial charge is 0.465 e. The molecule has 0 aliphatic carbocycles. The first kappa shape index (κ1) is 30.0. The van der Waals surface area contributed by atoms with Crippen LogP contribution in [0, 0.1) is 16.7 Å². The monoisotopic (exact) mass is 537 g/mol. The van der Waals surface area contributed by atoms with E-state index in [2.05, 4.69) is 15.4 Å². The fourth-order valence-corrected chi connectivity index (χ4v) is 4.73. The number of carbonyl (C=O) groups is 2. The van der Waals surface area contributed by atoms with Crippen molar-refractivity contribution in [3.63, 3.8) is 0 Å². The van der Waals surface area contributed by atoms with Crippen LogP contribution in [0.3, 0.4) is 0 Å². The van der Waals surface area contributed by atoms with Crippen molar-refractivity contribution in [2.24, 2.45) is 16.1 Å². The van der Waals surface area contributed by atoms with Crippen LogP contribution in [0.15, 0.2) is 47.6 Å². The van der Waals surface area contributed by atoms with Gasteiger partial charge in [0.1, 0.15) is 41.5 Å². The summed E-state index contributed by atoms with van der Waals surface area (Å²) in [5, 5.41) is 25.9. The van der Waals surface area contributed by atoms with Gasteiger partial charge in [-0.2, -0.15) is 15.3 Å². The number of aliphatic hydroxyl groups is 1. The van der Waals surface area contributed by atoms with E-state index in [0.29, 0.717) is 6.42 Å². The number of hydrogen-bond donors (Lipinski definition) is 4. The first-order valence-corrected chi connectivity index (χ1v) is 13.0. The number of esters is 1. The van der Waals surface area contributed by atoms with E-state index in [9.17, 15) is 24.5 Å². The summed E-state index contributed by atoms with van der Waals surface area (Å²) >= 11 is 0. The number of aliphatic imine (C=N–C) groups is 1. The molecule has 0 bridgehead atoms. The van der Waals surface area contributed by atoms with Gasteiger partial charge < -0.3 is 30.2 Å². The maximum atomic E-state index is 13.6. The van der Waals surface area contributed by atoms with Crippen LogP contribution in [-0.4, -0.2) is 61.0 Å². The summed E-state index contributed by atoms with van der Waals surface area (Å²) in [4.78, 5) is 26.0. The quantitative estimate of drug-likeness (QED) is 0.0876. The smallest absolute Gasteiger partial charge is 0.459 e. The number of para-hydroxylation sites is 1. The lowest BCUT2D eigenvalue weighted by atomic mass is 9.84. The van der Waals surface area contributed by atoms with Gasteiger partial charge >= 0.3 is 13.7 Å². The van der Waals surface area contributed by atoms with Crippen LogP contribution in [-0.2, 0) is 28.2 Å². The van der Waals surface area contributed by atoms with Crippen molar-refractivity contribution >= 4 is 26.0 Å². The molecule has 1 saturated heterocycles. The third-order valence-electron chi connectivity index (χ3n) is 5.30. The fraction of sp³-hybridized carbons (Fsp3) is 0.478. The van der Waals surface area contributed by atoms with Gasteiger partial charge in [-0.15, -0.1) is 0 Å². The second-order valence-electron chi connectivity index (χ2n) is 8.27. The number of nitrogens with two attached hydrogens (primary N) is 1. The predicted octanol–water partition coefficient (Wildman–Crippen LogP) is 1.35. The highest BCUT2D eigenvalue weighted by Gasteiger charge is 2.54. The van der Waals surface area contributed by atoms with Crippen LogP contribution in [0.4, 0.5) is 0 Å². The van der Waals surface area contributed by atoms with E-state index in [4.69, 9.17) is 24.3 Å². The molecule has 202 valence electrons. The molecule has 0 aromatic heterocycles. The van der Waals surface area contributed by atoms with Crippen LogP contribution in [0.25, 0.3) is 0 Å². The van der Waals surface area contributed by atoms with Crippen LogP contribution in [0.2, 0.25) is 0 Å². The van der Waals surface area contributed by atoms with E-state index < -0.39 is 50.2 Å². The number of nitrogens with one attached hydrogen (secondary N) is 2. The number of amides is 1. The molecule has 2 rings (SSSR count). The standard InChI is InChI=1S/C23H32N5O8P/c1-4-12-33-21(31)16(2)28-37(32,36-17-8-6-5-7-9-17)34-13-18-20(30)23(3,14-24)22(35-18)26-11-10-19(25)27-15-29/h5-11,15-16,18,20,22,26,30H,4,12-13H2,1-3H3,(H,28,32)(H2,25,27,29)/b11-10-/t16-,18+,20+,22?,23+,37?/m0/s1. The number of nitrogens with zero attached hydrogens (tertiary/aromatic N) is 2. The number of nitriles is 1. The maximum Gasteiger partial charge on any atom is 0.459 e. The predicted molar refractivity (Wildman–Crippen MR) is 133 cm³/mol. The molecule has 0 radical (unpaired) electrons. The van der Waals surface area contributed by atoms with Gasteiger partial charge in [-0.05, 0) is 38.5 Å². The number of rotatable bonds is 14. The Hall–Kier alpha value is -3.27. The minimum Gasteiger partial charge on any atom is -0.465 e. The molecule has 37 heavy (non-hydrogen) atoms. The van der Waals surface area contributed by atoms with Gasteiger partial charge in [0.15, 0.2) is 0 Å². The van der Waals surface area contributed by atoms with Crippen LogP contribution < -0.4 is 20.7 Å². The van der Waals surface area contributed by atoms with E-state index in [-0.39, 0.29) is 24.6 Å². The SMILES string of the molecule is CCCOC(=O)[C@H](C)NP(=O)(OC[C@H]1OC(N/C=C\C(N)=N/C=O)[C@](C)(C#N)[C@@H]1O)Oc1ccccc1. The Kier molecular flexibility index (Phi) is 11.2. The summed E-state index contributed by atoms with van der Waals surface area (Å²) in [7, 11) is -4.20. The number of benzene rings is 1. The average Bonchev–Trinajstić information content (AvgIpc) is 3.11. The molecule has 13 nitrogen and oxygen atoms in total. The van der Waals surface area contributed by atoms with E-state index in [1.54, 1.807) is 30.3 Å². The summed E-state index contributed by atoms with van der Waals surface area (Å²) in [6, 6.07) is 9.14. The molecule has 14 heteroatoms. The highest BCUT2D eigenvalue weighted by atomic mass is 31.2. The third kappa shape index (κ3) is 8.38. The molecular weight excluding hydrogens is 505 g/mol. The summed E-state index contributed by atoms with van der Waals surface area (Å²) in [5.41, 5.74) is 4.06. The Bertz CT molecular complexity index is 1060. The van der Waals surface area contributed by atoms with Crippen molar-refractivity contribution < 1.29 is 37.8 Å². The molecule has 1 amide bonds. The first-order chi connectivity index (χ1) is 17.6. The lowest BCUT2D eigenvalue weighted by Gasteiger charge is -2.25. The molecule has 1 fully saturated rings. The summed E-state index contributed by atoms with van der Waals surface area (Å²) in [6.07, 6.45) is -0.00969. The van der Waals surface area contributed by atoms with Crippen molar-refractivity contribution in [2.75, 3.05) is 13.2 Å². The molecular formula is C23H32N5O8P. The summed E-state index contributed by atoms with van der Waals surface area (Å²) in [6.45, 7) is 4.49. The minimum atomic E-state index is -4.20. The number of ether oxygens (including phenoxy) is 2. The van der Waals surface area contributed by atoms with Gasteiger partial charge in [-0.25, -0.2) is 4.57 Å². The van der Waals surface area contributed by atoms with Gasteiger partial charge in [0.05, 0.1) is 19.3 Å². The maximum absolute atomic E-state index is 13.6. The second kappa shape index (κ2) is 13.9. The van der Waals surface area contributed by atoms with Crippen molar-refractivity contribution in [2.45, 2.75) is 51.7 Å². The van der Waals surface area contributed by atoms with E-state index in [1.807, 2.05) is 13.0 Å². The zero-order chi connectivity index (χ0) is 27.5. The first-order valence-electron chi connectivity index (χ1n) is 11.5. The summed E-state index contributed by atoms with van der Waals surface area (Å²) < 4.78 is 35.6. The molecule has 0 spiro atoms. The fourth-order valence-electron chi connectivity index (χ4n) is 3.22. The molecule has 0 saturated carbocycles. The Morgan fingerprint density at radius 1 is 1.43 bits per heavy atom. The normalized spacial score (nSPS) is 26.1. The van der Waals surface area contributed by atoms with Crippen LogP contribution >= 0.6 is 7.75 Å². The van der Waals surface area contributed by atoms with E-state index >= 15 is 0 Å². The Morgan fingerprint density at radius 3 is 2.76 bits per heavy atom. The Morgan fingerprint density at radius 2 is 2.14 bits per heavy atom. The van der Waals surface area contributed by atoms with Crippen LogP contribution in [0.1, 0.15) is 27.2 Å². The molecule has 1 aromatic rings. The highest BCUT2D eigenvalue weighted by Crippen LogP contribution is 2.46. The van der Waals surface area contributed by atoms with Gasteiger partial charge in [0.25, 0.3) is 0 Å². The Labute approximate surface area is 215 Å². The van der Waals surface area contributed by atoms with Crippen LogP contribution in [0.5, 0.6) is 5.75 Å². The molecule has 1 heterocycles. The molecule has 2 unspecified atom stereocenters. The second-order valence-corrected chi connectivity index (χ2v) is 9.96. The Balaban J connectivity index is 2.16. The van der Waals surface area contributed by atoms with Gasteiger partial charge in [0, 0.05) is 6.20 Å². The third-order valence-corrected chi connectivity index (χ3v) is 6.94. The highest BCUT2D eigenvalue weighted by molar-refractivity contribution is 7.52. The number of aliphatic hydroxyl groups excluding tert-OH is 1. The number of amidine groups is 1. The number of hydrogen-bond acceptors (Lipinski definition) is 10. The van der Waals surface area contributed by atoms with Crippen molar-refractivity contribution in [3.05, 3.63) is 42.6 Å². The molecule has 6 atom stereocenters. The molecule has 5 N–H and O–H groups in total. The van der Waals surface area contributed by atoms with E-state index in [1.165, 1.54) is 26.1 Å². The van der Waals surface area contributed by atoms with Gasteiger partial charge in [-0.1, -0.05) is 25.1 Å². The minimum absolute atomic E-state index is 0.0868. The van der Waals surface area contributed by atoms with Crippen molar-refractivity contribution in [1.29, 1.82) is 5.26 Å².